The number of hydrogen-bond donors (Lipinski definition) is 2. The minimum absolute atomic E-state index is 0.119. The topological polar surface area (TPSA) is 72.5 Å². The lowest BCUT2D eigenvalue weighted by molar-refractivity contribution is 0.0692. The molecule has 0 saturated heterocycles. The summed E-state index contributed by atoms with van der Waals surface area (Å²) in [6, 6.07) is 3.57. The lowest BCUT2D eigenvalue weighted by Crippen LogP contribution is -2.28. The Labute approximate surface area is 126 Å². The molecular formula is C15H25N3O3. The third-order valence-electron chi connectivity index (χ3n) is 2.92. The fourth-order valence-corrected chi connectivity index (χ4v) is 1.69. The molecule has 0 bridgehead atoms. The van der Waals surface area contributed by atoms with Crippen LogP contribution in [0.4, 0.5) is 5.82 Å². The summed E-state index contributed by atoms with van der Waals surface area (Å²) in [6.45, 7) is 6.12. The van der Waals surface area contributed by atoms with E-state index in [1.807, 2.05) is 19.9 Å². The summed E-state index contributed by atoms with van der Waals surface area (Å²) < 4.78 is 10.2. The number of pyridine rings is 1. The van der Waals surface area contributed by atoms with Gasteiger partial charge in [-0.05, 0) is 18.1 Å². The molecule has 2 N–H and O–H groups in total. The molecule has 1 rings (SSSR count). The second-order valence-corrected chi connectivity index (χ2v) is 4.93. The van der Waals surface area contributed by atoms with E-state index in [4.69, 9.17) is 9.47 Å². The highest BCUT2D eigenvalue weighted by molar-refractivity contribution is 5.95. The van der Waals surface area contributed by atoms with Gasteiger partial charge in [0.1, 0.15) is 5.82 Å². The van der Waals surface area contributed by atoms with Gasteiger partial charge in [0.2, 0.25) is 0 Å². The van der Waals surface area contributed by atoms with Crippen molar-refractivity contribution in [3.63, 3.8) is 0 Å². The van der Waals surface area contributed by atoms with Crippen LogP contribution in [-0.2, 0) is 9.47 Å². The van der Waals surface area contributed by atoms with Crippen LogP contribution in [0.2, 0.25) is 0 Å². The number of anilines is 1. The van der Waals surface area contributed by atoms with Crippen LogP contribution < -0.4 is 10.6 Å². The number of hydrogen-bond acceptors (Lipinski definition) is 5. The van der Waals surface area contributed by atoms with Crippen molar-refractivity contribution in [2.75, 3.05) is 45.8 Å². The van der Waals surface area contributed by atoms with Gasteiger partial charge in [-0.1, -0.05) is 13.8 Å². The number of nitrogens with one attached hydrogen (secondary N) is 2. The lowest BCUT2D eigenvalue weighted by Gasteiger charge is -2.11. The van der Waals surface area contributed by atoms with Crippen molar-refractivity contribution >= 4 is 11.7 Å². The molecule has 0 fully saturated rings. The number of methoxy groups -OCH3 is 1. The minimum Gasteiger partial charge on any atom is -0.382 e. The highest BCUT2D eigenvalue weighted by Gasteiger charge is 2.11. The van der Waals surface area contributed by atoms with Crippen LogP contribution in [0.5, 0.6) is 0 Å². The standard InChI is InChI=1S/C15H25N3O3/c1-11(2)13-9-12(10-14(16-3)18-13)15(19)17-5-6-21-8-7-20-4/h9-11H,5-8H2,1-4H3,(H,16,18)(H,17,19). The number of ether oxygens (including phenoxy) is 2. The van der Waals surface area contributed by atoms with Crippen molar-refractivity contribution in [3.05, 3.63) is 23.4 Å². The van der Waals surface area contributed by atoms with Gasteiger partial charge < -0.3 is 20.1 Å². The van der Waals surface area contributed by atoms with E-state index in [0.29, 0.717) is 37.7 Å². The fourth-order valence-electron chi connectivity index (χ4n) is 1.69. The van der Waals surface area contributed by atoms with Gasteiger partial charge >= 0.3 is 0 Å². The summed E-state index contributed by atoms with van der Waals surface area (Å²) >= 11 is 0. The van der Waals surface area contributed by atoms with E-state index in [0.717, 1.165) is 5.69 Å². The second-order valence-electron chi connectivity index (χ2n) is 4.93. The normalized spacial score (nSPS) is 10.7. The van der Waals surface area contributed by atoms with E-state index in [2.05, 4.69) is 15.6 Å². The largest absolute Gasteiger partial charge is 0.382 e. The van der Waals surface area contributed by atoms with Crippen LogP contribution in [-0.4, -0.2) is 51.4 Å². The van der Waals surface area contributed by atoms with E-state index < -0.39 is 0 Å². The molecule has 1 aromatic rings. The van der Waals surface area contributed by atoms with E-state index in [9.17, 15) is 4.79 Å². The molecule has 6 nitrogen and oxygen atoms in total. The Morgan fingerprint density at radius 3 is 2.67 bits per heavy atom. The summed E-state index contributed by atoms with van der Waals surface area (Å²) in [6.07, 6.45) is 0. The van der Waals surface area contributed by atoms with Crippen LogP contribution in [0.3, 0.4) is 0 Å². The highest BCUT2D eigenvalue weighted by atomic mass is 16.5. The molecule has 118 valence electrons. The molecule has 0 aliphatic carbocycles. The number of aromatic nitrogens is 1. The van der Waals surface area contributed by atoms with E-state index in [1.165, 1.54) is 0 Å². The van der Waals surface area contributed by atoms with Gasteiger partial charge in [-0.25, -0.2) is 4.98 Å². The van der Waals surface area contributed by atoms with Crippen molar-refractivity contribution in [3.8, 4) is 0 Å². The summed E-state index contributed by atoms with van der Waals surface area (Å²) in [5.41, 5.74) is 1.50. The quantitative estimate of drug-likeness (QED) is 0.678. The van der Waals surface area contributed by atoms with Crippen LogP contribution >= 0.6 is 0 Å². The highest BCUT2D eigenvalue weighted by Crippen LogP contribution is 2.17. The first kappa shape index (κ1) is 17.4. The zero-order valence-electron chi connectivity index (χ0n) is 13.2. The van der Waals surface area contributed by atoms with Crippen LogP contribution in [0.25, 0.3) is 0 Å². The first-order valence-corrected chi connectivity index (χ1v) is 7.13. The summed E-state index contributed by atoms with van der Waals surface area (Å²) in [5, 5.41) is 5.81. The first-order chi connectivity index (χ1) is 10.1. The third kappa shape index (κ3) is 6.10. The predicted octanol–water partition coefficient (Wildman–Crippen LogP) is 1.64. The van der Waals surface area contributed by atoms with Gasteiger partial charge in [0.15, 0.2) is 0 Å². The molecule has 0 unspecified atom stereocenters. The molecule has 0 spiro atoms. The summed E-state index contributed by atoms with van der Waals surface area (Å²) in [4.78, 5) is 16.6. The molecule has 0 aromatic carbocycles. The predicted molar refractivity (Wildman–Crippen MR) is 82.9 cm³/mol. The average Bonchev–Trinajstić information content (AvgIpc) is 2.49. The number of nitrogens with zero attached hydrogens (tertiary/aromatic N) is 1. The van der Waals surface area contributed by atoms with Gasteiger partial charge in [-0.2, -0.15) is 0 Å². The minimum atomic E-state index is -0.119. The Balaban J connectivity index is 2.55. The van der Waals surface area contributed by atoms with E-state index in [1.54, 1.807) is 20.2 Å². The van der Waals surface area contributed by atoms with Gasteiger partial charge in [0.25, 0.3) is 5.91 Å². The first-order valence-electron chi connectivity index (χ1n) is 7.13. The number of rotatable bonds is 9. The Morgan fingerprint density at radius 1 is 1.29 bits per heavy atom. The van der Waals surface area contributed by atoms with Gasteiger partial charge in [-0.15, -0.1) is 0 Å². The van der Waals surface area contributed by atoms with Crippen molar-refractivity contribution < 1.29 is 14.3 Å². The molecule has 1 aromatic heterocycles. The van der Waals surface area contributed by atoms with Gasteiger partial charge in [0.05, 0.1) is 19.8 Å². The van der Waals surface area contributed by atoms with Crippen molar-refractivity contribution in [2.45, 2.75) is 19.8 Å². The van der Waals surface area contributed by atoms with Crippen LogP contribution in [0, 0.1) is 0 Å². The molecule has 0 aliphatic heterocycles. The molecule has 1 heterocycles. The SMILES string of the molecule is CNc1cc(C(=O)NCCOCCOC)cc(C(C)C)n1. The zero-order valence-corrected chi connectivity index (χ0v) is 13.2. The lowest BCUT2D eigenvalue weighted by atomic mass is 10.1. The van der Waals surface area contributed by atoms with Crippen molar-refractivity contribution in [2.24, 2.45) is 0 Å². The molecule has 0 aliphatic rings. The average molecular weight is 295 g/mol. The number of carbonyl (C=O) groups excluding carboxylic acids is 1. The monoisotopic (exact) mass is 295 g/mol. The summed E-state index contributed by atoms with van der Waals surface area (Å²) in [7, 11) is 3.41. The molecule has 6 heteroatoms. The van der Waals surface area contributed by atoms with E-state index >= 15 is 0 Å². The smallest absolute Gasteiger partial charge is 0.251 e. The van der Waals surface area contributed by atoms with Crippen molar-refractivity contribution in [1.82, 2.24) is 10.3 Å². The Hall–Kier alpha value is -1.66. The van der Waals surface area contributed by atoms with Gasteiger partial charge in [-0.3, -0.25) is 4.79 Å². The molecule has 0 radical (unpaired) electrons. The van der Waals surface area contributed by atoms with Crippen molar-refractivity contribution in [1.29, 1.82) is 0 Å². The molecule has 21 heavy (non-hydrogen) atoms. The third-order valence-corrected chi connectivity index (χ3v) is 2.92. The maximum absolute atomic E-state index is 12.1. The number of carbonyl (C=O) groups is 1. The number of amides is 1. The Kier molecular flexibility index (Phi) is 7.71. The zero-order chi connectivity index (χ0) is 15.7. The fraction of sp³-hybridized carbons (Fsp3) is 0.600. The molecule has 1 amide bonds. The van der Waals surface area contributed by atoms with Gasteiger partial charge in [0, 0.05) is 32.0 Å². The van der Waals surface area contributed by atoms with E-state index in [-0.39, 0.29) is 11.8 Å². The molecule has 0 saturated carbocycles. The Morgan fingerprint density at radius 2 is 2.05 bits per heavy atom. The van der Waals surface area contributed by atoms with Crippen LogP contribution in [0.1, 0.15) is 35.8 Å². The Bertz CT molecular complexity index is 450. The molecule has 0 atom stereocenters. The van der Waals surface area contributed by atoms with Crippen LogP contribution in [0.15, 0.2) is 12.1 Å². The molecular weight excluding hydrogens is 270 g/mol. The second kappa shape index (κ2) is 9.31. The maximum atomic E-state index is 12.1. The maximum Gasteiger partial charge on any atom is 0.251 e. The summed E-state index contributed by atoms with van der Waals surface area (Å²) in [5.74, 6) is 0.844.